The number of carbonyl (C=O) groups is 1. The maximum absolute atomic E-state index is 11.5. The Morgan fingerprint density at radius 3 is 2.94 bits per heavy atom. The minimum atomic E-state index is -0.379. The molecule has 0 N–H and O–H groups in total. The molecule has 0 saturated carbocycles. The van der Waals surface area contributed by atoms with Crippen LogP contribution in [0, 0.1) is 0 Å². The molecular formula is C13H16O3S. The van der Waals surface area contributed by atoms with Crippen LogP contribution >= 0.6 is 11.8 Å². The van der Waals surface area contributed by atoms with Gasteiger partial charge in [0.25, 0.3) is 0 Å². The van der Waals surface area contributed by atoms with Gasteiger partial charge in [-0.05, 0) is 25.5 Å². The Kier molecular flexibility index (Phi) is 4.45. The van der Waals surface area contributed by atoms with Gasteiger partial charge < -0.3 is 9.47 Å². The van der Waals surface area contributed by atoms with Gasteiger partial charge in [0.2, 0.25) is 0 Å². The summed E-state index contributed by atoms with van der Waals surface area (Å²) >= 11 is 1.76. The van der Waals surface area contributed by atoms with E-state index in [0.29, 0.717) is 18.5 Å². The topological polar surface area (TPSA) is 35.5 Å². The van der Waals surface area contributed by atoms with Crippen molar-refractivity contribution in [2.24, 2.45) is 0 Å². The lowest BCUT2D eigenvalue weighted by Crippen LogP contribution is -2.22. The molecule has 92 valence electrons. The SMILES string of the molecule is CCOC(=O)C1CC(Sc2ccccc2)CO1. The van der Waals surface area contributed by atoms with Crippen LogP contribution in [0.25, 0.3) is 0 Å². The number of esters is 1. The van der Waals surface area contributed by atoms with E-state index in [9.17, 15) is 4.79 Å². The number of hydrogen-bond acceptors (Lipinski definition) is 4. The zero-order valence-electron chi connectivity index (χ0n) is 9.80. The first-order chi connectivity index (χ1) is 8.29. The van der Waals surface area contributed by atoms with Crippen molar-refractivity contribution in [3.63, 3.8) is 0 Å². The van der Waals surface area contributed by atoms with E-state index in [0.717, 1.165) is 6.42 Å². The van der Waals surface area contributed by atoms with E-state index in [1.165, 1.54) is 4.90 Å². The molecule has 17 heavy (non-hydrogen) atoms. The van der Waals surface area contributed by atoms with E-state index in [2.05, 4.69) is 12.1 Å². The van der Waals surface area contributed by atoms with Gasteiger partial charge in [0.15, 0.2) is 6.10 Å². The molecule has 2 atom stereocenters. The van der Waals surface area contributed by atoms with Gasteiger partial charge in [-0.15, -0.1) is 11.8 Å². The quantitative estimate of drug-likeness (QED) is 0.771. The molecule has 0 bridgehead atoms. The summed E-state index contributed by atoms with van der Waals surface area (Å²) in [7, 11) is 0. The second-order valence-electron chi connectivity index (χ2n) is 3.86. The van der Waals surface area contributed by atoms with E-state index in [4.69, 9.17) is 9.47 Å². The number of carbonyl (C=O) groups excluding carboxylic acids is 1. The summed E-state index contributed by atoms with van der Waals surface area (Å²) in [4.78, 5) is 12.7. The summed E-state index contributed by atoms with van der Waals surface area (Å²) in [5, 5.41) is 0.340. The summed E-state index contributed by atoms with van der Waals surface area (Å²) in [6, 6.07) is 10.2. The van der Waals surface area contributed by atoms with Gasteiger partial charge in [0.1, 0.15) is 0 Å². The predicted molar refractivity (Wildman–Crippen MR) is 67.1 cm³/mol. The highest BCUT2D eigenvalue weighted by atomic mass is 32.2. The fourth-order valence-corrected chi connectivity index (χ4v) is 2.89. The van der Waals surface area contributed by atoms with Gasteiger partial charge in [-0.1, -0.05) is 18.2 Å². The molecule has 1 aromatic rings. The second kappa shape index (κ2) is 6.07. The first-order valence-electron chi connectivity index (χ1n) is 5.79. The van der Waals surface area contributed by atoms with Crippen molar-refractivity contribution in [2.45, 2.75) is 29.6 Å². The highest BCUT2D eigenvalue weighted by Gasteiger charge is 2.32. The Morgan fingerprint density at radius 2 is 2.24 bits per heavy atom. The molecule has 3 nitrogen and oxygen atoms in total. The highest BCUT2D eigenvalue weighted by molar-refractivity contribution is 8.00. The Morgan fingerprint density at radius 1 is 1.47 bits per heavy atom. The second-order valence-corrected chi connectivity index (χ2v) is 5.24. The Bertz CT molecular complexity index is 366. The lowest BCUT2D eigenvalue weighted by atomic mass is 10.2. The predicted octanol–water partition coefficient (Wildman–Crippen LogP) is 2.50. The van der Waals surface area contributed by atoms with Crippen LogP contribution in [0.1, 0.15) is 13.3 Å². The van der Waals surface area contributed by atoms with Crippen molar-refractivity contribution in [1.29, 1.82) is 0 Å². The van der Waals surface area contributed by atoms with E-state index >= 15 is 0 Å². The fraction of sp³-hybridized carbons (Fsp3) is 0.462. The largest absolute Gasteiger partial charge is 0.464 e. The van der Waals surface area contributed by atoms with Crippen LogP contribution in [0.15, 0.2) is 35.2 Å². The average Bonchev–Trinajstić information content (AvgIpc) is 2.79. The summed E-state index contributed by atoms with van der Waals surface area (Å²) < 4.78 is 10.4. The lowest BCUT2D eigenvalue weighted by Gasteiger charge is -2.08. The van der Waals surface area contributed by atoms with Crippen molar-refractivity contribution >= 4 is 17.7 Å². The number of benzene rings is 1. The van der Waals surface area contributed by atoms with Gasteiger partial charge in [0, 0.05) is 10.1 Å². The summed E-state index contributed by atoms with van der Waals surface area (Å²) in [5.74, 6) is -0.233. The normalized spacial score (nSPS) is 23.6. The van der Waals surface area contributed by atoms with Gasteiger partial charge in [-0.3, -0.25) is 0 Å². The van der Waals surface area contributed by atoms with E-state index < -0.39 is 0 Å². The Labute approximate surface area is 105 Å². The van der Waals surface area contributed by atoms with E-state index in [1.807, 2.05) is 25.1 Å². The minimum absolute atomic E-state index is 0.233. The van der Waals surface area contributed by atoms with Crippen LogP contribution in [0.3, 0.4) is 0 Å². The monoisotopic (exact) mass is 252 g/mol. The molecule has 4 heteroatoms. The minimum Gasteiger partial charge on any atom is -0.464 e. The van der Waals surface area contributed by atoms with Gasteiger partial charge in [-0.2, -0.15) is 0 Å². The molecule has 0 aromatic heterocycles. The van der Waals surface area contributed by atoms with E-state index in [-0.39, 0.29) is 12.1 Å². The van der Waals surface area contributed by atoms with Crippen molar-refractivity contribution < 1.29 is 14.3 Å². The smallest absolute Gasteiger partial charge is 0.335 e. The van der Waals surface area contributed by atoms with E-state index in [1.54, 1.807) is 11.8 Å². The third-order valence-electron chi connectivity index (χ3n) is 2.56. The zero-order valence-corrected chi connectivity index (χ0v) is 10.6. The summed E-state index contributed by atoms with van der Waals surface area (Å²) in [5.41, 5.74) is 0. The van der Waals surface area contributed by atoms with Crippen LogP contribution < -0.4 is 0 Å². The first kappa shape index (κ1) is 12.5. The fourth-order valence-electron chi connectivity index (χ4n) is 1.77. The maximum atomic E-state index is 11.5. The molecule has 1 fully saturated rings. The van der Waals surface area contributed by atoms with Crippen LogP contribution in [-0.4, -0.2) is 30.5 Å². The molecule has 0 aliphatic carbocycles. The Balaban J connectivity index is 1.84. The molecule has 1 aliphatic heterocycles. The first-order valence-corrected chi connectivity index (χ1v) is 6.67. The number of thioether (sulfide) groups is 1. The molecule has 1 saturated heterocycles. The van der Waals surface area contributed by atoms with Crippen molar-refractivity contribution in [1.82, 2.24) is 0 Å². The molecule has 0 radical (unpaired) electrons. The zero-order chi connectivity index (χ0) is 12.1. The van der Waals surface area contributed by atoms with Gasteiger partial charge in [-0.25, -0.2) is 4.79 Å². The Hall–Kier alpha value is -1.00. The molecule has 1 aromatic carbocycles. The van der Waals surface area contributed by atoms with Crippen LogP contribution in [0.4, 0.5) is 0 Å². The standard InChI is InChI=1S/C13H16O3S/c1-2-15-13(14)12-8-11(9-16-12)17-10-6-4-3-5-7-10/h3-7,11-12H,2,8-9H2,1H3. The number of hydrogen-bond donors (Lipinski definition) is 0. The third-order valence-corrected chi connectivity index (χ3v) is 3.76. The average molecular weight is 252 g/mol. The number of rotatable bonds is 4. The molecule has 1 aliphatic rings. The summed E-state index contributed by atoms with van der Waals surface area (Å²) in [6.07, 6.45) is 0.356. The molecule has 0 amide bonds. The van der Waals surface area contributed by atoms with Crippen LogP contribution in [0.2, 0.25) is 0 Å². The molecule has 0 spiro atoms. The lowest BCUT2D eigenvalue weighted by molar-refractivity contribution is -0.153. The summed E-state index contributed by atoms with van der Waals surface area (Å²) in [6.45, 7) is 2.83. The van der Waals surface area contributed by atoms with Crippen molar-refractivity contribution in [3.8, 4) is 0 Å². The molecule has 2 unspecified atom stereocenters. The van der Waals surface area contributed by atoms with Crippen LogP contribution in [-0.2, 0) is 14.3 Å². The molecular weight excluding hydrogens is 236 g/mol. The number of ether oxygens (including phenoxy) is 2. The molecule has 2 rings (SSSR count). The van der Waals surface area contributed by atoms with Crippen molar-refractivity contribution in [2.75, 3.05) is 13.2 Å². The van der Waals surface area contributed by atoms with Crippen LogP contribution in [0.5, 0.6) is 0 Å². The van der Waals surface area contributed by atoms with Crippen molar-refractivity contribution in [3.05, 3.63) is 30.3 Å². The molecule has 1 heterocycles. The third kappa shape index (κ3) is 3.48. The van der Waals surface area contributed by atoms with Gasteiger partial charge in [0.05, 0.1) is 13.2 Å². The maximum Gasteiger partial charge on any atom is 0.335 e. The highest BCUT2D eigenvalue weighted by Crippen LogP contribution is 2.31. The van der Waals surface area contributed by atoms with Gasteiger partial charge >= 0.3 is 5.97 Å².